The van der Waals surface area contributed by atoms with Gasteiger partial charge in [-0.25, -0.2) is 0 Å². The molecule has 0 aliphatic rings. The standard InChI is InChI=1S/C6H10OS2/c1-3-5(8)7-6(9)4-2/h3-4H2,1-2H3. The lowest BCUT2D eigenvalue weighted by Crippen LogP contribution is -2.05. The third-order valence-electron chi connectivity index (χ3n) is 0.805. The maximum Gasteiger partial charge on any atom is 0.167 e. The normalized spacial score (nSPS) is 8.67. The SMILES string of the molecule is CCC(=S)OC(=S)CC. The Morgan fingerprint density at radius 1 is 1.11 bits per heavy atom. The molecule has 0 aliphatic carbocycles. The van der Waals surface area contributed by atoms with Gasteiger partial charge in [-0.15, -0.1) is 0 Å². The first kappa shape index (κ1) is 8.98. The van der Waals surface area contributed by atoms with Crippen LogP contribution in [-0.4, -0.2) is 10.1 Å². The molecule has 9 heavy (non-hydrogen) atoms. The lowest BCUT2D eigenvalue weighted by molar-refractivity contribution is 0.545. The lowest BCUT2D eigenvalue weighted by Gasteiger charge is -2.01. The first-order chi connectivity index (χ1) is 4.20. The molecule has 0 amide bonds. The van der Waals surface area contributed by atoms with Crippen molar-refractivity contribution in [3.05, 3.63) is 0 Å². The van der Waals surface area contributed by atoms with Crippen LogP contribution in [0.25, 0.3) is 0 Å². The summed E-state index contributed by atoms with van der Waals surface area (Å²) in [7, 11) is 0. The predicted molar refractivity (Wildman–Crippen MR) is 46.9 cm³/mol. The van der Waals surface area contributed by atoms with Gasteiger partial charge in [0.1, 0.15) is 0 Å². The van der Waals surface area contributed by atoms with Gasteiger partial charge in [0.05, 0.1) is 0 Å². The van der Waals surface area contributed by atoms with Gasteiger partial charge in [0.15, 0.2) is 10.1 Å². The fourth-order valence-corrected chi connectivity index (χ4v) is 0.525. The molecule has 0 atom stereocenters. The molecule has 0 bridgehead atoms. The smallest absolute Gasteiger partial charge is 0.167 e. The van der Waals surface area contributed by atoms with Crippen LogP contribution in [0.3, 0.4) is 0 Å². The largest absolute Gasteiger partial charge is 0.443 e. The second kappa shape index (κ2) is 4.82. The summed E-state index contributed by atoms with van der Waals surface area (Å²) in [5.74, 6) is 0. The van der Waals surface area contributed by atoms with Crippen molar-refractivity contribution in [2.24, 2.45) is 0 Å². The van der Waals surface area contributed by atoms with Crippen LogP contribution in [0.5, 0.6) is 0 Å². The molecule has 3 heteroatoms. The highest BCUT2D eigenvalue weighted by atomic mass is 32.1. The topological polar surface area (TPSA) is 9.23 Å². The minimum Gasteiger partial charge on any atom is -0.443 e. The zero-order chi connectivity index (χ0) is 7.28. The van der Waals surface area contributed by atoms with E-state index >= 15 is 0 Å². The van der Waals surface area contributed by atoms with Crippen molar-refractivity contribution in [2.45, 2.75) is 26.7 Å². The molecule has 0 aromatic carbocycles. The van der Waals surface area contributed by atoms with Gasteiger partial charge in [-0.1, -0.05) is 13.8 Å². The van der Waals surface area contributed by atoms with Crippen molar-refractivity contribution >= 4 is 34.5 Å². The minimum absolute atomic E-state index is 0.585. The Morgan fingerprint density at radius 2 is 1.44 bits per heavy atom. The van der Waals surface area contributed by atoms with E-state index in [4.69, 9.17) is 29.2 Å². The summed E-state index contributed by atoms with van der Waals surface area (Å²) in [5.41, 5.74) is 0. The molecule has 0 rings (SSSR count). The molecule has 0 aromatic heterocycles. The molecule has 52 valence electrons. The monoisotopic (exact) mass is 162 g/mol. The molecule has 0 saturated carbocycles. The van der Waals surface area contributed by atoms with Crippen molar-refractivity contribution < 1.29 is 4.74 Å². The van der Waals surface area contributed by atoms with E-state index in [0.29, 0.717) is 10.1 Å². The summed E-state index contributed by atoms with van der Waals surface area (Å²) in [6.45, 7) is 3.89. The first-order valence-corrected chi connectivity index (χ1v) is 3.75. The van der Waals surface area contributed by atoms with Crippen molar-refractivity contribution in [1.29, 1.82) is 0 Å². The Bertz CT molecular complexity index is 106. The van der Waals surface area contributed by atoms with E-state index in [9.17, 15) is 0 Å². The van der Waals surface area contributed by atoms with Crippen molar-refractivity contribution in [3.63, 3.8) is 0 Å². The maximum absolute atomic E-state index is 5.01. The second-order valence-electron chi connectivity index (χ2n) is 1.55. The van der Waals surface area contributed by atoms with E-state index in [-0.39, 0.29) is 0 Å². The quantitative estimate of drug-likeness (QED) is 0.577. The van der Waals surface area contributed by atoms with Gasteiger partial charge in [-0.05, 0) is 24.4 Å². The molecule has 0 unspecified atom stereocenters. The lowest BCUT2D eigenvalue weighted by atomic mass is 10.5. The van der Waals surface area contributed by atoms with E-state index in [2.05, 4.69) is 0 Å². The van der Waals surface area contributed by atoms with Gasteiger partial charge in [-0.2, -0.15) is 0 Å². The second-order valence-corrected chi connectivity index (χ2v) is 2.46. The van der Waals surface area contributed by atoms with E-state index in [1.807, 2.05) is 13.8 Å². The molecule has 0 N–H and O–H groups in total. The van der Waals surface area contributed by atoms with Crippen LogP contribution < -0.4 is 0 Å². The zero-order valence-electron chi connectivity index (χ0n) is 5.64. The molecule has 0 saturated heterocycles. The zero-order valence-corrected chi connectivity index (χ0v) is 7.27. The molecule has 0 radical (unpaired) electrons. The predicted octanol–water partition coefficient (Wildman–Crippen LogP) is 2.48. The highest BCUT2D eigenvalue weighted by molar-refractivity contribution is 7.81. The third kappa shape index (κ3) is 4.48. The van der Waals surface area contributed by atoms with Gasteiger partial charge < -0.3 is 4.74 Å². The Balaban J connectivity index is 3.47. The van der Waals surface area contributed by atoms with Crippen molar-refractivity contribution in [1.82, 2.24) is 0 Å². The van der Waals surface area contributed by atoms with Crippen LogP contribution in [0.1, 0.15) is 26.7 Å². The number of hydrogen-bond donors (Lipinski definition) is 0. The van der Waals surface area contributed by atoms with E-state index in [1.54, 1.807) is 0 Å². The van der Waals surface area contributed by atoms with Crippen molar-refractivity contribution in [2.75, 3.05) is 0 Å². The molecule has 0 aliphatic heterocycles. The number of thiocarbonyl (C=S) groups is 2. The van der Waals surface area contributed by atoms with Crippen LogP contribution in [-0.2, 0) is 4.74 Å². The van der Waals surface area contributed by atoms with Crippen molar-refractivity contribution in [3.8, 4) is 0 Å². The Morgan fingerprint density at radius 3 is 1.67 bits per heavy atom. The fraction of sp³-hybridized carbons (Fsp3) is 0.667. The molecule has 0 fully saturated rings. The van der Waals surface area contributed by atoms with Crippen LogP contribution in [0.4, 0.5) is 0 Å². The Hall–Kier alpha value is -0.0200. The van der Waals surface area contributed by atoms with Gasteiger partial charge in [-0.3, -0.25) is 0 Å². The molecular formula is C6H10OS2. The Labute approximate surface area is 66.4 Å². The van der Waals surface area contributed by atoms with Crippen LogP contribution in [0, 0.1) is 0 Å². The molecule has 0 heterocycles. The first-order valence-electron chi connectivity index (χ1n) is 2.94. The highest BCUT2D eigenvalue weighted by Gasteiger charge is 1.95. The summed E-state index contributed by atoms with van der Waals surface area (Å²) in [6.07, 6.45) is 1.52. The fourth-order valence-electron chi connectivity index (χ4n) is 0.271. The third-order valence-corrected chi connectivity index (χ3v) is 1.55. The molecule has 0 spiro atoms. The number of rotatable bonds is 2. The number of hydrogen-bond acceptors (Lipinski definition) is 3. The minimum atomic E-state index is 0.585. The van der Waals surface area contributed by atoms with Crippen LogP contribution >= 0.6 is 24.4 Å². The average molecular weight is 162 g/mol. The highest BCUT2D eigenvalue weighted by Crippen LogP contribution is 1.93. The summed E-state index contributed by atoms with van der Waals surface area (Å²) < 4.78 is 5.01. The molecule has 0 aromatic rings. The summed E-state index contributed by atoms with van der Waals surface area (Å²) in [6, 6.07) is 0. The maximum atomic E-state index is 5.01. The average Bonchev–Trinajstić information content (AvgIpc) is 1.87. The summed E-state index contributed by atoms with van der Waals surface area (Å²) in [5, 5.41) is 1.17. The summed E-state index contributed by atoms with van der Waals surface area (Å²) in [4.78, 5) is 0. The van der Waals surface area contributed by atoms with Gasteiger partial charge in [0.2, 0.25) is 0 Å². The van der Waals surface area contributed by atoms with E-state index in [0.717, 1.165) is 12.8 Å². The van der Waals surface area contributed by atoms with Gasteiger partial charge in [0, 0.05) is 12.8 Å². The van der Waals surface area contributed by atoms with E-state index in [1.165, 1.54) is 0 Å². The van der Waals surface area contributed by atoms with Crippen LogP contribution in [0.2, 0.25) is 0 Å². The van der Waals surface area contributed by atoms with Gasteiger partial charge >= 0.3 is 0 Å². The number of ether oxygens (including phenoxy) is 1. The van der Waals surface area contributed by atoms with E-state index < -0.39 is 0 Å². The summed E-state index contributed by atoms with van der Waals surface area (Å²) >= 11 is 9.58. The molecular weight excluding hydrogens is 152 g/mol. The Kier molecular flexibility index (Phi) is 4.81. The molecule has 1 nitrogen and oxygen atoms in total. The van der Waals surface area contributed by atoms with Gasteiger partial charge in [0.25, 0.3) is 0 Å². The van der Waals surface area contributed by atoms with Crippen LogP contribution in [0.15, 0.2) is 0 Å².